The van der Waals surface area contributed by atoms with E-state index in [4.69, 9.17) is 10.5 Å². The molecule has 0 saturated heterocycles. The van der Waals surface area contributed by atoms with Gasteiger partial charge in [-0.1, -0.05) is 0 Å². The van der Waals surface area contributed by atoms with Crippen LogP contribution in [0.2, 0.25) is 0 Å². The Balaban J connectivity index is 2.18. The Morgan fingerprint density at radius 3 is 2.62 bits per heavy atom. The molecule has 4 nitrogen and oxygen atoms in total. The number of amides is 1. The maximum Gasteiger partial charge on any atom is 0.246 e. The van der Waals surface area contributed by atoms with Gasteiger partial charge in [-0.15, -0.1) is 0 Å². The van der Waals surface area contributed by atoms with Gasteiger partial charge in [-0.05, 0) is 25.7 Å². The van der Waals surface area contributed by atoms with Gasteiger partial charge in [0, 0.05) is 19.2 Å². The minimum absolute atomic E-state index is 0.0250. The van der Waals surface area contributed by atoms with E-state index in [1.807, 2.05) is 0 Å². The first-order chi connectivity index (χ1) is 6.22. The molecule has 0 aromatic heterocycles. The fraction of sp³-hybridized carbons (Fsp3) is 0.889. The average molecular weight is 186 g/mol. The van der Waals surface area contributed by atoms with Gasteiger partial charge < -0.3 is 15.8 Å². The number of hydrogen-bond acceptors (Lipinski definition) is 3. The standard InChI is InChI=1S/C9H18N2O2/c1-13-6-9(12)11-8-4-2-7(10)3-5-8/h7-8H,2-6,10H2,1H3,(H,11,12). The van der Waals surface area contributed by atoms with E-state index in [-0.39, 0.29) is 12.5 Å². The molecular weight excluding hydrogens is 168 g/mol. The van der Waals surface area contributed by atoms with Crippen molar-refractivity contribution in [3.05, 3.63) is 0 Å². The normalized spacial score (nSPS) is 28.5. The molecule has 1 aliphatic carbocycles. The second-order valence-electron chi connectivity index (χ2n) is 3.61. The molecule has 76 valence electrons. The predicted octanol–water partition coefficient (Wildman–Crippen LogP) is 0.0189. The molecule has 1 aliphatic rings. The maximum absolute atomic E-state index is 11.1. The third-order valence-electron chi connectivity index (χ3n) is 2.41. The molecule has 1 amide bonds. The monoisotopic (exact) mass is 186 g/mol. The topological polar surface area (TPSA) is 64.3 Å². The van der Waals surface area contributed by atoms with Crippen LogP contribution in [-0.4, -0.2) is 31.7 Å². The van der Waals surface area contributed by atoms with Crippen molar-refractivity contribution in [2.24, 2.45) is 5.73 Å². The molecule has 0 aromatic carbocycles. The zero-order chi connectivity index (χ0) is 9.68. The van der Waals surface area contributed by atoms with Crippen molar-refractivity contribution in [3.63, 3.8) is 0 Å². The zero-order valence-electron chi connectivity index (χ0n) is 8.08. The van der Waals surface area contributed by atoms with Gasteiger partial charge in [-0.2, -0.15) is 0 Å². The molecule has 4 heteroatoms. The highest BCUT2D eigenvalue weighted by molar-refractivity contribution is 5.77. The highest BCUT2D eigenvalue weighted by atomic mass is 16.5. The molecule has 0 unspecified atom stereocenters. The van der Waals surface area contributed by atoms with Gasteiger partial charge in [0.2, 0.25) is 5.91 Å². The quantitative estimate of drug-likeness (QED) is 0.653. The lowest BCUT2D eigenvalue weighted by molar-refractivity contribution is -0.125. The zero-order valence-corrected chi connectivity index (χ0v) is 8.08. The maximum atomic E-state index is 11.1. The summed E-state index contributed by atoms with van der Waals surface area (Å²) in [7, 11) is 1.52. The van der Waals surface area contributed by atoms with Gasteiger partial charge in [-0.25, -0.2) is 0 Å². The summed E-state index contributed by atoms with van der Waals surface area (Å²) in [4.78, 5) is 11.1. The number of carbonyl (C=O) groups is 1. The lowest BCUT2D eigenvalue weighted by Gasteiger charge is -2.26. The van der Waals surface area contributed by atoms with Crippen LogP contribution >= 0.6 is 0 Å². The van der Waals surface area contributed by atoms with Crippen LogP contribution in [0.15, 0.2) is 0 Å². The summed E-state index contributed by atoms with van der Waals surface area (Å²) >= 11 is 0. The van der Waals surface area contributed by atoms with Crippen LogP contribution in [-0.2, 0) is 9.53 Å². The van der Waals surface area contributed by atoms with Crippen LogP contribution in [0.3, 0.4) is 0 Å². The summed E-state index contributed by atoms with van der Waals surface area (Å²) in [6.07, 6.45) is 4.02. The molecule has 0 heterocycles. The fourth-order valence-corrected chi connectivity index (χ4v) is 1.66. The largest absolute Gasteiger partial charge is 0.375 e. The summed E-state index contributed by atoms with van der Waals surface area (Å²) in [6.45, 7) is 0.155. The third-order valence-corrected chi connectivity index (χ3v) is 2.41. The number of carbonyl (C=O) groups excluding carboxylic acids is 1. The number of ether oxygens (including phenoxy) is 1. The van der Waals surface area contributed by atoms with Crippen LogP contribution in [0.5, 0.6) is 0 Å². The molecule has 1 fully saturated rings. The van der Waals surface area contributed by atoms with E-state index >= 15 is 0 Å². The molecule has 1 rings (SSSR count). The van der Waals surface area contributed by atoms with Gasteiger partial charge in [0.25, 0.3) is 0 Å². The second-order valence-corrected chi connectivity index (χ2v) is 3.61. The van der Waals surface area contributed by atoms with Gasteiger partial charge >= 0.3 is 0 Å². The van der Waals surface area contributed by atoms with Crippen molar-refractivity contribution in [1.29, 1.82) is 0 Å². The Morgan fingerprint density at radius 2 is 2.08 bits per heavy atom. The predicted molar refractivity (Wildman–Crippen MR) is 50.3 cm³/mol. The number of nitrogens with two attached hydrogens (primary N) is 1. The van der Waals surface area contributed by atoms with Gasteiger partial charge in [0.15, 0.2) is 0 Å². The van der Waals surface area contributed by atoms with Crippen molar-refractivity contribution < 1.29 is 9.53 Å². The lowest BCUT2D eigenvalue weighted by atomic mass is 9.92. The molecule has 0 spiro atoms. The molecular formula is C9H18N2O2. The molecule has 0 bridgehead atoms. The third kappa shape index (κ3) is 3.74. The van der Waals surface area contributed by atoms with Crippen LogP contribution < -0.4 is 11.1 Å². The van der Waals surface area contributed by atoms with Crippen LogP contribution in [0.1, 0.15) is 25.7 Å². The molecule has 13 heavy (non-hydrogen) atoms. The Morgan fingerprint density at radius 1 is 1.46 bits per heavy atom. The lowest BCUT2D eigenvalue weighted by Crippen LogP contribution is -2.41. The minimum Gasteiger partial charge on any atom is -0.375 e. The van der Waals surface area contributed by atoms with Gasteiger partial charge in [0.1, 0.15) is 6.61 Å². The fourth-order valence-electron chi connectivity index (χ4n) is 1.66. The van der Waals surface area contributed by atoms with E-state index in [2.05, 4.69) is 5.32 Å². The molecule has 0 radical (unpaired) electrons. The Hall–Kier alpha value is -0.610. The first kappa shape index (κ1) is 10.5. The second kappa shape index (κ2) is 5.19. The van der Waals surface area contributed by atoms with Gasteiger partial charge in [-0.3, -0.25) is 4.79 Å². The average Bonchev–Trinajstić information content (AvgIpc) is 2.09. The van der Waals surface area contributed by atoms with E-state index in [1.165, 1.54) is 7.11 Å². The summed E-state index contributed by atoms with van der Waals surface area (Å²) in [6, 6.07) is 0.637. The van der Waals surface area contributed by atoms with Gasteiger partial charge in [0.05, 0.1) is 0 Å². The summed E-state index contributed by atoms with van der Waals surface area (Å²) in [5.74, 6) is -0.0250. The highest BCUT2D eigenvalue weighted by Gasteiger charge is 2.19. The highest BCUT2D eigenvalue weighted by Crippen LogP contribution is 2.16. The van der Waals surface area contributed by atoms with E-state index < -0.39 is 0 Å². The van der Waals surface area contributed by atoms with E-state index in [0.717, 1.165) is 25.7 Å². The summed E-state index contributed by atoms with van der Waals surface area (Å²) in [5, 5.41) is 2.92. The van der Waals surface area contributed by atoms with Crippen molar-refractivity contribution in [1.82, 2.24) is 5.32 Å². The van der Waals surface area contributed by atoms with Crippen molar-refractivity contribution in [2.75, 3.05) is 13.7 Å². The summed E-state index contributed by atoms with van der Waals surface area (Å²) in [5.41, 5.74) is 5.75. The van der Waals surface area contributed by atoms with Crippen molar-refractivity contribution >= 4 is 5.91 Å². The van der Waals surface area contributed by atoms with Crippen molar-refractivity contribution in [3.8, 4) is 0 Å². The first-order valence-corrected chi connectivity index (χ1v) is 4.76. The number of rotatable bonds is 3. The molecule has 1 saturated carbocycles. The summed E-state index contributed by atoms with van der Waals surface area (Å²) < 4.78 is 4.73. The molecule has 3 N–H and O–H groups in total. The first-order valence-electron chi connectivity index (χ1n) is 4.76. The number of nitrogens with one attached hydrogen (secondary N) is 1. The van der Waals surface area contributed by atoms with Crippen LogP contribution in [0, 0.1) is 0 Å². The van der Waals surface area contributed by atoms with E-state index in [9.17, 15) is 4.79 Å². The number of methoxy groups -OCH3 is 1. The van der Waals surface area contributed by atoms with Crippen LogP contribution in [0.25, 0.3) is 0 Å². The van der Waals surface area contributed by atoms with E-state index in [0.29, 0.717) is 12.1 Å². The van der Waals surface area contributed by atoms with E-state index in [1.54, 1.807) is 0 Å². The minimum atomic E-state index is -0.0250. The Labute approximate surface area is 78.8 Å². The van der Waals surface area contributed by atoms with Crippen LogP contribution in [0.4, 0.5) is 0 Å². The molecule has 0 aromatic rings. The Kier molecular flexibility index (Phi) is 4.18. The SMILES string of the molecule is COCC(=O)NC1CCC(N)CC1. The number of hydrogen-bond donors (Lipinski definition) is 2. The molecule has 0 aliphatic heterocycles. The Bertz CT molecular complexity index is 165. The smallest absolute Gasteiger partial charge is 0.246 e. The van der Waals surface area contributed by atoms with Crippen molar-refractivity contribution in [2.45, 2.75) is 37.8 Å². The molecule has 0 atom stereocenters.